The zero-order chi connectivity index (χ0) is 21.8. The number of fused-ring (bicyclic) bond motifs is 5. The van der Waals surface area contributed by atoms with Gasteiger partial charge in [0.05, 0.1) is 12.0 Å². The van der Waals surface area contributed by atoms with E-state index in [1.807, 2.05) is 0 Å². The number of piperazine rings is 1. The fraction of sp³-hybridized carbons (Fsp3) is 0.500. The van der Waals surface area contributed by atoms with E-state index in [9.17, 15) is 8.42 Å². The first-order valence-electron chi connectivity index (χ1n) is 11.1. The molecule has 2 aliphatic heterocycles. The largest absolute Gasteiger partial charge is 0.497 e. The van der Waals surface area contributed by atoms with Crippen molar-refractivity contribution in [2.75, 3.05) is 51.8 Å². The van der Waals surface area contributed by atoms with Crippen LogP contribution in [0.25, 0.3) is 0 Å². The van der Waals surface area contributed by atoms with Gasteiger partial charge in [-0.05, 0) is 79.4 Å². The van der Waals surface area contributed by atoms with Gasteiger partial charge in [-0.25, -0.2) is 8.42 Å². The molecule has 2 unspecified atom stereocenters. The van der Waals surface area contributed by atoms with E-state index in [-0.39, 0.29) is 0 Å². The monoisotopic (exact) mass is 441 g/mol. The molecule has 0 aromatic heterocycles. The van der Waals surface area contributed by atoms with Crippen molar-refractivity contribution in [1.82, 2.24) is 9.21 Å². The Morgan fingerprint density at radius 2 is 1.65 bits per heavy atom. The highest BCUT2D eigenvalue weighted by molar-refractivity contribution is 7.89. The molecule has 2 aromatic carbocycles. The zero-order valence-electron chi connectivity index (χ0n) is 18.5. The number of methoxy groups -OCH3 is 1. The molecular weight excluding hydrogens is 410 g/mol. The first kappa shape index (κ1) is 20.8. The van der Waals surface area contributed by atoms with Crippen LogP contribution in [0.1, 0.15) is 36.4 Å². The van der Waals surface area contributed by atoms with Gasteiger partial charge in [0, 0.05) is 37.9 Å². The van der Waals surface area contributed by atoms with E-state index in [0.717, 1.165) is 6.54 Å². The van der Waals surface area contributed by atoms with Crippen LogP contribution in [0.4, 0.5) is 5.69 Å². The summed E-state index contributed by atoms with van der Waals surface area (Å²) < 4.78 is 32.8. The van der Waals surface area contributed by atoms with E-state index in [2.05, 4.69) is 42.0 Å². The predicted molar refractivity (Wildman–Crippen MR) is 122 cm³/mol. The molecule has 0 radical (unpaired) electrons. The van der Waals surface area contributed by atoms with Crippen molar-refractivity contribution in [3.05, 3.63) is 53.6 Å². The maximum Gasteiger partial charge on any atom is 0.243 e. The number of piperidine rings is 1. The second kappa shape index (κ2) is 7.80. The van der Waals surface area contributed by atoms with Gasteiger partial charge in [0.15, 0.2) is 0 Å². The lowest BCUT2D eigenvalue weighted by Gasteiger charge is -2.36. The molecule has 3 atom stereocenters. The van der Waals surface area contributed by atoms with E-state index in [1.165, 1.54) is 23.2 Å². The maximum absolute atomic E-state index is 13.0. The molecule has 2 aromatic rings. The van der Waals surface area contributed by atoms with Crippen LogP contribution < -0.4 is 9.64 Å². The van der Waals surface area contributed by atoms with Crippen LogP contribution in [0.3, 0.4) is 0 Å². The number of hydrogen-bond acceptors (Lipinski definition) is 5. The zero-order valence-corrected chi connectivity index (χ0v) is 19.3. The normalized spacial score (nSPS) is 26.7. The average Bonchev–Trinajstić information content (AvgIpc) is 2.98. The van der Waals surface area contributed by atoms with Crippen LogP contribution in [0, 0.1) is 5.92 Å². The van der Waals surface area contributed by atoms with Crippen molar-refractivity contribution in [3.63, 3.8) is 0 Å². The van der Waals surface area contributed by atoms with Crippen LogP contribution in [0.5, 0.6) is 5.75 Å². The number of sulfonamides is 1. The van der Waals surface area contributed by atoms with Crippen molar-refractivity contribution in [2.45, 2.75) is 30.2 Å². The van der Waals surface area contributed by atoms with E-state index < -0.39 is 10.0 Å². The van der Waals surface area contributed by atoms with Crippen LogP contribution in [-0.4, -0.2) is 64.5 Å². The SMILES string of the molecule is COc1ccc(S(=O)(=O)N2CCN(c3ccc4c(c3)C3[C@@H](C)C4CCN3C)CC2)cc1. The van der Waals surface area contributed by atoms with Crippen molar-refractivity contribution < 1.29 is 13.2 Å². The summed E-state index contributed by atoms with van der Waals surface area (Å²) >= 11 is 0. The number of rotatable bonds is 4. The van der Waals surface area contributed by atoms with Crippen LogP contribution in [0.2, 0.25) is 0 Å². The molecule has 6 nitrogen and oxygen atoms in total. The van der Waals surface area contributed by atoms with Crippen molar-refractivity contribution in [3.8, 4) is 5.75 Å². The van der Waals surface area contributed by atoms with Gasteiger partial charge < -0.3 is 9.64 Å². The molecule has 5 rings (SSSR count). The van der Waals surface area contributed by atoms with Crippen LogP contribution in [-0.2, 0) is 10.0 Å². The first-order chi connectivity index (χ1) is 14.9. The Morgan fingerprint density at radius 1 is 0.935 bits per heavy atom. The first-order valence-corrected chi connectivity index (χ1v) is 12.6. The molecule has 0 N–H and O–H groups in total. The van der Waals surface area contributed by atoms with Gasteiger partial charge >= 0.3 is 0 Å². The Kier molecular flexibility index (Phi) is 5.23. The molecule has 31 heavy (non-hydrogen) atoms. The van der Waals surface area contributed by atoms with Gasteiger partial charge in [0.1, 0.15) is 5.75 Å². The Morgan fingerprint density at radius 3 is 2.32 bits per heavy atom. The average molecular weight is 442 g/mol. The summed E-state index contributed by atoms with van der Waals surface area (Å²) in [6, 6.07) is 14.1. The third kappa shape index (κ3) is 3.43. The van der Waals surface area contributed by atoms with Gasteiger partial charge in [0.2, 0.25) is 10.0 Å². The molecule has 0 saturated carbocycles. The summed E-state index contributed by atoms with van der Waals surface area (Å²) in [7, 11) is 0.331. The third-order valence-electron chi connectivity index (χ3n) is 7.49. The number of benzene rings is 2. The molecule has 2 heterocycles. The van der Waals surface area contributed by atoms with Gasteiger partial charge in [0.25, 0.3) is 0 Å². The summed E-state index contributed by atoms with van der Waals surface area (Å²) in [5.41, 5.74) is 4.21. The Hall–Kier alpha value is -2.09. The molecule has 166 valence electrons. The Bertz CT molecular complexity index is 1060. The van der Waals surface area contributed by atoms with Gasteiger partial charge in [-0.15, -0.1) is 0 Å². The molecule has 2 bridgehead atoms. The molecule has 3 aliphatic rings. The highest BCUT2D eigenvalue weighted by atomic mass is 32.2. The Balaban J connectivity index is 1.31. The minimum atomic E-state index is -3.48. The summed E-state index contributed by atoms with van der Waals surface area (Å²) in [5.74, 6) is 2.00. The minimum Gasteiger partial charge on any atom is -0.497 e. The molecule has 7 heteroatoms. The summed E-state index contributed by atoms with van der Waals surface area (Å²) in [5, 5.41) is 0. The summed E-state index contributed by atoms with van der Waals surface area (Å²) in [6.07, 6.45) is 1.24. The number of hydrogen-bond donors (Lipinski definition) is 0. The predicted octanol–water partition coefficient (Wildman–Crippen LogP) is 3.32. The molecule has 2 fully saturated rings. The second-order valence-electron chi connectivity index (χ2n) is 9.06. The van der Waals surface area contributed by atoms with E-state index >= 15 is 0 Å². The lowest BCUT2D eigenvalue weighted by atomic mass is 9.86. The van der Waals surface area contributed by atoms with Crippen molar-refractivity contribution in [2.24, 2.45) is 5.92 Å². The van der Waals surface area contributed by atoms with E-state index in [4.69, 9.17) is 4.74 Å². The standard InChI is InChI=1S/C24H31N3O3S/c1-17-21-10-11-25(2)24(17)23-16-18(4-9-22(21)23)26-12-14-27(15-13-26)31(28,29)20-7-5-19(30-3)6-8-20/h4-9,16-17,21,24H,10-15H2,1-3H3/t17-,21?,24?/m0/s1. The Labute approximate surface area is 185 Å². The second-order valence-corrected chi connectivity index (χ2v) is 11.0. The topological polar surface area (TPSA) is 53.1 Å². The molecule has 0 spiro atoms. The van der Waals surface area contributed by atoms with Crippen LogP contribution in [0.15, 0.2) is 47.4 Å². The smallest absolute Gasteiger partial charge is 0.243 e. The fourth-order valence-corrected chi connectivity index (χ4v) is 7.18. The highest BCUT2D eigenvalue weighted by Crippen LogP contribution is 2.53. The highest BCUT2D eigenvalue weighted by Gasteiger charge is 2.43. The number of ether oxygens (including phenoxy) is 1. The summed E-state index contributed by atoms with van der Waals surface area (Å²) in [6.45, 7) is 5.93. The molecular formula is C24H31N3O3S. The fourth-order valence-electron chi connectivity index (χ4n) is 5.76. The van der Waals surface area contributed by atoms with E-state index in [0.29, 0.717) is 54.7 Å². The lowest BCUT2D eigenvalue weighted by Crippen LogP contribution is -2.48. The van der Waals surface area contributed by atoms with Gasteiger partial charge in [-0.1, -0.05) is 13.0 Å². The molecule has 1 aliphatic carbocycles. The number of likely N-dealkylation sites (tertiary alicyclic amines) is 1. The number of nitrogens with zero attached hydrogens (tertiary/aromatic N) is 3. The molecule has 2 saturated heterocycles. The van der Waals surface area contributed by atoms with E-state index in [1.54, 1.807) is 35.7 Å². The lowest BCUT2D eigenvalue weighted by molar-refractivity contribution is 0.134. The maximum atomic E-state index is 13.0. The third-order valence-corrected chi connectivity index (χ3v) is 9.40. The quantitative estimate of drug-likeness (QED) is 0.729. The summed E-state index contributed by atoms with van der Waals surface area (Å²) in [4.78, 5) is 5.15. The van der Waals surface area contributed by atoms with Crippen LogP contribution >= 0.6 is 0 Å². The van der Waals surface area contributed by atoms with Crippen molar-refractivity contribution >= 4 is 15.7 Å². The van der Waals surface area contributed by atoms with Gasteiger partial charge in [-0.2, -0.15) is 4.31 Å². The number of anilines is 1. The minimum absolute atomic E-state index is 0.323. The van der Waals surface area contributed by atoms with Gasteiger partial charge in [-0.3, -0.25) is 4.90 Å². The molecule has 0 amide bonds. The van der Waals surface area contributed by atoms with Crippen molar-refractivity contribution in [1.29, 1.82) is 0 Å².